The molecule has 0 saturated carbocycles. The molecule has 1 fully saturated rings. The van der Waals surface area contributed by atoms with Crippen molar-refractivity contribution in [2.75, 3.05) is 19.6 Å². The van der Waals surface area contributed by atoms with Gasteiger partial charge in [-0.2, -0.15) is 0 Å². The van der Waals surface area contributed by atoms with Crippen LogP contribution in [0.15, 0.2) is 53.7 Å². The molecular formula is C33H42F2N10O6. The lowest BCUT2D eigenvalue weighted by Crippen LogP contribution is -2.56. The highest BCUT2D eigenvalue weighted by molar-refractivity contribution is 5.95. The summed E-state index contributed by atoms with van der Waals surface area (Å²) in [7, 11) is 0. The van der Waals surface area contributed by atoms with Gasteiger partial charge in [0.05, 0.1) is 18.7 Å². The van der Waals surface area contributed by atoms with E-state index in [0.29, 0.717) is 16.6 Å². The number of hydrogen-bond donors (Lipinski definition) is 9. The number of guanidine groups is 1. The second-order valence-corrected chi connectivity index (χ2v) is 12.3. The molecule has 4 rings (SSSR count). The number of carbonyl (C=O) groups is 5. The van der Waals surface area contributed by atoms with Gasteiger partial charge in [-0.1, -0.05) is 18.2 Å². The van der Waals surface area contributed by atoms with Crippen LogP contribution in [-0.2, 0) is 36.8 Å². The Bertz CT molecular complexity index is 1760. The van der Waals surface area contributed by atoms with Crippen molar-refractivity contribution >= 4 is 46.4 Å². The number of aliphatic hydroxyl groups is 1. The number of benzene rings is 2. The van der Waals surface area contributed by atoms with Crippen molar-refractivity contribution in [2.24, 2.45) is 27.9 Å². The zero-order chi connectivity index (χ0) is 37.2. The first-order valence-electron chi connectivity index (χ1n) is 16.2. The van der Waals surface area contributed by atoms with E-state index in [1.54, 1.807) is 6.07 Å². The number of amides is 5. The van der Waals surface area contributed by atoms with Gasteiger partial charge in [0.2, 0.25) is 29.5 Å². The van der Waals surface area contributed by atoms with Gasteiger partial charge in [0, 0.05) is 43.0 Å². The minimum Gasteiger partial charge on any atom is -0.391 e. The van der Waals surface area contributed by atoms with Crippen LogP contribution in [0.5, 0.6) is 0 Å². The first-order valence-corrected chi connectivity index (χ1v) is 16.2. The summed E-state index contributed by atoms with van der Waals surface area (Å²) in [4.78, 5) is 73.0. The number of aromatic amines is 1. The molecule has 5 atom stereocenters. The number of fused-ring (bicyclic) bond motifs is 1. The van der Waals surface area contributed by atoms with Gasteiger partial charge in [0.25, 0.3) is 0 Å². The van der Waals surface area contributed by atoms with Gasteiger partial charge in [-0.05, 0) is 54.7 Å². The summed E-state index contributed by atoms with van der Waals surface area (Å²) in [5.41, 5.74) is 23.9. The van der Waals surface area contributed by atoms with Gasteiger partial charge in [0.1, 0.15) is 29.8 Å². The Morgan fingerprint density at radius 1 is 1.00 bits per heavy atom. The van der Waals surface area contributed by atoms with Crippen LogP contribution < -0.4 is 38.9 Å². The van der Waals surface area contributed by atoms with E-state index in [1.165, 1.54) is 42.6 Å². The van der Waals surface area contributed by atoms with Gasteiger partial charge in [0.15, 0.2) is 5.96 Å². The molecule has 3 aromatic rings. The summed E-state index contributed by atoms with van der Waals surface area (Å²) in [6, 6.07) is 5.10. The highest BCUT2D eigenvalue weighted by atomic mass is 19.1. The average Bonchev–Trinajstić information content (AvgIpc) is 3.69. The Hall–Kier alpha value is -5.62. The number of β-amino-alcohol motifs (C(OH)–C–C–N with tert-alkyl or cyclic N) is 1. The molecule has 0 aliphatic carbocycles. The van der Waals surface area contributed by atoms with Gasteiger partial charge in [-0.15, -0.1) is 0 Å². The summed E-state index contributed by atoms with van der Waals surface area (Å²) < 4.78 is 27.8. The Morgan fingerprint density at radius 2 is 1.73 bits per heavy atom. The van der Waals surface area contributed by atoms with Crippen molar-refractivity contribution in [1.29, 1.82) is 0 Å². The molecule has 13 N–H and O–H groups in total. The van der Waals surface area contributed by atoms with E-state index in [9.17, 15) is 37.9 Å². The van der Waals surface area contributed by atoms with Crippen LogP contribution in [0.3, 0.4) is 0 Å². The van der Waals surface area contributed by atoms with Gasteiger partial charge >= 0.3 is 0 Å². The number of aliphatic imine (C=N–C) groups is 1. The fourth-order valence-corrected chi connectivity index (χ4v) is 5.87. The number of nitrogens with two attached hydrogens (primary N) is 4. The van der Waals surface area contributed by atoms with E-state index in [-0.39, 0.29) is 56.5 Å². The number of primary amides is 1. The lowest BCUT2D eigenvalue weighted by molar-refractivity contribution is -0.140. The van der Waals surface area contributed by atoms with Crippen LogP contribution in [0.2, 0.25) is 0 Å². The number of nitrogens with zero attached hydrogens (tertiary/aromatic N) is 2. The minimum absolute atomic E-state index is 0.0132. The Labute approximate surface area is 291 Å². The standard InChI is InChI=1S/C33H42F2N10O6/c34-19-8-6-17(7-9-19)11-22(36)32(51)45-16-20(46)13-26(45)31(50)44-24(5-2-10-40-33(38)39)30(49)42-15-27(47)43-25(29(37)48)12-18-14-41-23-4-1-3-21(35)28(18)23/h1,3-4,6-9,14,20,22,24-26,41,46H,2,5,10-13,15-16,36H2,(H2,37,48)(H,42,49)(H,43,47)(H,44,50)(H4,38,39,40)/t20?,22-,24-,25-,26-/m0/s1. The molecule has 18 heteroatoms. The lowest BCUT2D eigenvalue weighted by atomic mass is 10.0. The Balaban J connectivity index is 1.39. The number of H-pyrrole nitrogens is 1. The highest BCUT2D eigenvalue weighted by Gasteiger charge is 2.41. The number of carbonyl (C=O) groups excluding carboxylic acids is 5. The molecule has 1 aromatic heterocycles. The monoisotopic (exact) mass is 712 g/mol. The number of halogens is 2. The molecule has 1 unspecified atom stereocenters. The smallest absolute Gasteiger partial charge is 0.243 e. The molecule has 2 heterocycles. The maximum absolute atomic E-state index is 14.5. The van der Waals surface area contributed by atoms with E-state index < -0.39 is 78.0 Å². The quantitative estimate of drug-likeness (QED) is 0.0457. The normalized spacial score (nSPS) is 17.3. The largest absolute Gasteiger partial charge is 0.391 e. The van der Waals surface area contributed by atoms with Crippen LogP contribution >= 0.6 is 0 Å². The first-order chi connectivity index (χ1) is 24.2. The van der Waals surface area contributed by atoms with E-state index >= 15 is 0 Å². The summed E-state index contributed by atoms with van der Waals surface area (Å²) in [5, 5.41) is 18.1. The second kappa shape index (κ2) is 17.3. The fraction of sp³-hybridized carbons (Fsp3) is 0.394. The first kappa shape index (κ1) is 38.2. The maximum atomic E-state index is 14.5. The SMILES string of the molecule is NC(=O)[C@H](Cc1c[nH]c2cccc(F)c12)NC(=O)CNC(=O)[C@H](CCCN=C(N)N)NC(=O)[C@@H]1CC(O)CN1C(=O)[C@@H](N)Cc1ccc(F)cc1. The maximum Gasteiger partial charge on any atom is 0.243 e. The predicted molar refractivity (Wildman–Crippen MR) is 182 cm³/mol. The number of aliphatic hydroxyl groups excluding tert-OH is 1. The average molecular weight is 713 g/mol. The number of aromatic nitrogens is 1. The molecule has 0 bridgehead atoms. The highest BCUT2D eigenvalue weighted by Crippen LogP contribution is 2.23. The molecule has 0 spiro atoms. The van der Waals surface area contributed by atoms with Gasteiger partial charge in [-0.3, -0.25) is 29.0 Å². The summed E-state index contributed by atoms with van der Waals surface area (Å²) in [6.07, 6.45) is 0.498. The summed E-state index contributed by atoms with van der Waals surface area (Å²) >= 11 is 0. The molecule has 5 amide bonds. The van der Waals surface area contributed by atoms with Crippen molar-refractivity contribution in [3.8, 4) is 0 Å². The zero-order valence-electron chi connectivity index (χ0n) is 27.6. The molecule has 1 aliphatic heterocycles. The molecule has 2 aromatic carbocycles. The van der Waals surface area contributed by atoms with E-state index in [2.05, 4.69) is 25.9 Å². The van der Waals surface area contributed by atoms with Crippen molar-refractivity contribution in [2.45, 2.75) is 62.4 Å². The molecular weight excluding hydrogens is 670 g/mol. The summed E-state index contributed by atoms with van der Waals surface area (Å²) in [5.74, 6) is -4.98. The van der Waals surface area contributed by atoms with Crippen LogP contribution in [0, 0.1) is 11.6 Å². The molecule has 1 aliphatic rings. The molecule has 51 heavy (non-hydrogen) atoms. The van der Waals surface area contributed by atoms with Crippen LogP contribution in [-0.4, -0.2) is 100 Å². The third-order valence-corrected chi connectivity index (χ3v) is 8.39. The second-order valence-electron chi connectivity index (χ2n) is 12.3. The van der Waals surface area contributed by atoms with Crippen LogP contribution in [0.25, 0.3) is 10.9 Å². The van der Waals surface area contributed by atoms with Crippen LogP contribution in [0.4, 0.5) is 8.78 Å². The van der Waals surface area contributed by atoms with Crippen molar-refractivity contribution in [1.82, 2.24) is 25.8 Å². The van der Waals surface area contributed by atoms with E-state index in [1.807, 2.05) is 0 Å². The molecule has 16 nitrogen and oxygen atoms in total. The predicted octanol–water partition coefficient (Wildman–Crippen LogP) is -1.85. The molecule has 1 saturated heterocycles. The third-order valence-electron chi connectivity index (χ3n) is 8.39. The number of nitrogens with one attached hydrogen (secondary N) is 4. The van der Waals surface area contributed by atoms with Crippen molar-refractivity contribution < 1.29 is 37.9 Å². The topological polar surface area (TPSA) is 277 Å². The molecule has 0 radical (unpaired) electrons. The third kappa shape index (κ3) is 10.4. The number of hydrogen-bond acceptors (Lipinski definition) is 8. The molecule has 274 valence electrons. The van der Waals surface area contributed by atoms with E-state index in [4.69, 9.17) is 22.9 Å². The summed E-state index contributed by atoms with van der Waals surface area (Å²) in [6.45, 7) is -0.680. The van der Waals surface area contributed by atoms with Gasteiger partial charge in [-0.25, -0.2) is 8.78 Å². The fourth-order valence-electron chi connectivity index (χ4n) is 5.87. The van der Waals surface area contributed by atoms with E-state index in [0.717, 1.165) is 4.90 Å². The lowest BCUT2D eigenvalue weighted by Gasteiger charge is -2.28. The number of rotatable bonds is 16. The minimum atomic E-state index is -1.24. The van der Waals surface area contributed by atoms with Crippen molar-refractivity contribution in [3.05, 3.63) is 71.4 Å². The Morgan fingerprint density at radius 3 is 2.41 bits per heavy atom. The van der Waals surface area contributed by atoms with Gasteiger partial charge < -0.3 is 53.9 Å². The Kier molecular flexibility index (Phi) is 13.0. The zero-order valence-corrected chi connectivity index (χ0v) is 27.6. The number of likely N-dealkylation sites (tertiary alicyclic amines) is 1. The van der Waals surface area contributed by atoms with Crippen molar-refractivity contribution in [3.63, 3.8) is 0 Å². The van der Waals surface area contributed by atoms with Crippen LogP contribution in [0.1, 0.15) is 30.4 Å².